The van der Waals surface area contributed by atoms with Gasteiger partial charge in [-0.1, -0.05) is 29.3 Å². The molecule has 2 aromatic carbocycles. The van der Waals surface area contributed by atoms with Gasteiger partial charge in [-0.15, -0.1) is 0 Å². The third-order valence-corrected chi connectivity index (χ3v) is 4.13. The fourth-order valence-electron chi connectivity index (χ4n) is 2.41. The lowest BCUT2D eigenvalue weighted by atomic mass is 10.1. The van der Waals surface area contributed by atoms with Crippen molar-refractivity contribution in [2.45, 2.75) is 6.92 Å². The van der Waals surface area contributed by atoms with Crippen molar-refractivity contribution < 1.29 is 4.79 Å². The molecule has 3 aromatic rings. The highest BCUT2D eigenvalue weighted by Gasteiger charge is 2.12. The van der Waals surface area contributed by atoms with Gasteiger partial charge in [-0.05, 0) is 37.3 Å². The highest BCUT2D eigenvalue weighted by molar-refractivity contribution is 6.34. The van der Waals surface area contributed by atoms with Gasteiger partial charge in [0.05, 0.1) is 28.8 Å². The maximum Gasteiger partial charge on any atom is 0.255 e. The van der Waals surface area contributed by atoms with Crippen molar-refractivity contribution in [2.75, 3.05) is 17.3 Å². The SMILES string of the molecule is Cc1cccc(C(=O)Nc2cc(N(C)c3cncnc3)ccc2Cl)c1. The second kappa shape index (κ2) is 7.32. The highest BCUT2D eigenvalue weighted by atomic mass is 35.5. The van der Waals surface area contributed by atoms with Crippen LogP contribution in [0.15, 0.2) is 61.2 Å². The third kappa shape index (κ3) is 3.95. The fraction of sp³-hybridized carbons (Fsp3) is 0.105. The number of aryl methyl sites for hydroxylation is 1. The van der Waals surface area contributed by atoms with Gasteiger partial charge in [0.2, 0.25) is 0 Å². The summed E-state index contributed by atoms with van der Waals surface area (Å²) in [7, 11) is 1.90. The van der Waals surface area contributed by atoms with E-state index in [1.807, 2.05) is 49.2 Å². The van der Waals surface area contributed by atoms with Crippen molar-refractivity contribution in [3.8, 4) is 0 Å². The Bertz CT molecular complexity index is 899. The van der Waals surface area contributed by atoms with Crippen molar-refractivity contribution in [1.82, 2.24) is 9.97 Å². The molecule has 1 amide bonds. The van der Waals surface area contributed by atoms with E-state index in [2.05, 4.69) is 15.3 Å². The molecule has 126 valence electrons. The van der Waals surface area contributed by atoms with Crippen LogP contribution in [0.3, 0.4) is 0 Å². The van der Waals surface area contributed by atoms with Gasteiger partial charge >= 0.3 is 0 Å². The Morgan fingerprint density at radius 3 is 2.56 bits per heavy atom. The Morgan fingerprint density at radius 1 is 1.08 bits per heavy atom. The molecule has 0 saturated heterocycles. The predicted octanol–water partition coefficient (Wildman–Crippen LogP) is 4.46. The lowest BCUT2D eigenvalue weighted by molar-refractivity contribution is 0.102. The first-order valence-electron chi connectivity index (χ1n) is 7.71. The van der Waals surface area contributed by atoms with E-state index in [4.69, 9.17) is 11.6 Å². The van der Waals surface area contributed by atoms with Crippen molar-refractivity contribution in [2.24, 2.45) is 0 Å². The Hall–Kier alpha value is -2.92. The first-order valence-corrected chi connectivity index (χ1v) is 8.09. The summed E-state index contributed by atoms with van der Waals surface area (Å²) in [4.78, 5) is 22.4. The van der Waals surface area contributed by atoms with Crippen molar-refractivity contribution in [3.05, 3.63) is 77.3 Å². The number of carbonyl (C=O) groups excluding carboxylic acids is 1. The zero-order valence-corrected chi connectivity index (χ0v) is 14.7. The van der Waals surface area contributed by atoms with Gasteiger partial charge in [0, 0.05) is 18.3 Å². The summed E-state index contributed by atoms with van der Waals surface area (Å²) >= 11 is 6.25. The molecule has 1 N–H and O–H groups in total. The van der Waals surface area contributed by atoms with Gasteiger partial charge in [-0.2, -0.15) is 0 Å². The van der Waals surface area contributed by atoms with Crippen LogP contribution >= 0.6 is 11.6 Å². The van der Waals surface area contributed by atoms with Gasteiger partial charge < -0.3 is 10.2 Å². The van der Waals surface area contributed by atoms with Gasteiger partial charge in [0.15, 0.2) is 0 Å². The first kappa shape index (κ1) is 16.9. The highest BCUT2D eigenvalue weighted by Crippen LogP contribution is 2.30. The van der Waals surface area contributed by atoms with Gasteiger partial charge in [0.1, 0.15) is 6.33 Å². The molecule has 25 heavy (non-hydrogen) atoms. The quantitative estimate of drug-likeness (QED) is 0.753. The Kier molecular flexibility index (Phi) is 4.95. The Labute approximate surface area is 151 Å². The molecular weight excluding hydrogens is 336 g/mol. The minimum atomic E-state index is -0.201. The third-order valence-electron chi connectivity index (χ3n) is 3.80. The van der Waals surface area contributed by atoms with Crippen LogP contribution in [0.2, 0.25) is 5.02 Å². The number of carbonyl (C=O) groups is 1. The number of hydrogen-bond acceptors (Lipinski definition) is 4. The van der Waals surface area contributed by atoms with Crippen molar-refractivity contribution >= 4 is 34.6 Å². The van der Waals surface area contributed by atoms with E-state index in [9.17, 15) is 4.79 Å². The number of halogens is 1. The Morgan fingerprint density at radius 2 is 1.84 bits per heavy atom. The zero-order chi connectivity index (χ0) is 17.8. The number of anilines is 3. The molecule has 0 aliphatic rings. The van der Waals surface area contributed by atoms with E-state index in [0.717, 1.165) is 16.9 Å². The lowest BCUT2D eigenvalue weighted by Gasteiger charge is -2.20. The summed E-state index contributed by atoms with van der Waals surface area (Å²) in [5, 5.41) is 3.35. The molecule has 1 heterocycles. The molecule has 1 aromatic heterocycles. The summed E-state index contributed by atoms with van der Waals surface area (Å²) < 4.78 is 0. The van der Waals surface area contributed by atoms with Gasteiger partial charge in [0.25, 0.3) is 5.91 Å². The standard InChI is InChI=1S/C19H17ClN4O/c1-13-4-3-5-14(8-13)19(25)23-18-9-15(6-7-17(18)20)24(2)16-10-21-12-22-11-16/h3-12H,1-2H3,(H,23,25). The van der Waals surface area contributed by atoms with E-state index >= 15 is 0 Å². The van der Waals surface area contributed by atoms with Crippen LogP contribution in [0.1, 0.15) is 15.9 Å². The van der Waals surface area contributed by atoms with E-state index < -0.39 is 0 Å². The number of nitrogens with zero attached hydrogens (tertiary/aromatic N) is 3. The summed E-state index contributed by atoms with van der Waals surface area (Å²) in [6, 6.07) is 12.9. The normalized spacial score (nSPS) is 10.4. The lowest BCUT2D eigenvalue weighted by Crippen LogP contribution is -2.14. The topological polar surface area (TPSA) is 58.1 Å². The minimum Gasteiger partial charge on any atom is -0.342 e. The van der Waals surface area contributed by atoms with Crippen molar-refractivity contribution in [1.29, 1.82) is 0 Å². The van der Waals surface area contributed by atoms with E-state index in [-0.39, 0.29) is 5.91 Å². The zero-order valence-electron chi connectivity index (χ0n) is 13.9. The number of nitrogens with one attached hydrogen (secondary N) is 1. The molecule has 5 nitrogen and oxygen atoms in total. The van der Waals surface area contributed by atoms with E-state index in [0.29, 0.717) is 16.3 Å². The molecule has 0 unspecified atom stereocenters. The van der Waals surface area contributed by atoms with Gasteiger partial charge in [-0.25, -0.2) is 9.97 Å². The largest absolute Gasteiger partial charge is 0.342 e. The second-order valence-electron chi connectivity index (χ2n) is 5.64. The Balaban J connectivity index is 1.86. The number of aromatic nitrogens is 2. The molecule has 0 bridgehead atoms. The van der Waals surface area contributed by atoms with E-state index in [1.54, 1.807) is 24.5 Å². The second-order valence-corrected chi connectivity index (χ2v) is 6.05. The molecule has 0 fully saturated rings. The number of hydrogen-bond donors (Lipinski definition) is 1. The van der Waals surface area contributed by atoms with Crippen LogP contribution in [0.25, 0.3) is 0 Å². The summed E-state index contributed by atoms with van der Waals surface area (Å²) in [6.07, 6.45) is 4.91. The molecule has 0 atom stereocenters. The monoisotopic (exact) mass is 352 g/mol. The fourth-order valence-corrected chi connectivity index (χ4v) is 2.58. The van der Waals surface area contributed by atoms with Gasteiger partial charge in [-0.3, -0.25) is 4.79 Å². The minimum absolute atomic E-state index is 0.201. The van der Waals surface area contributed by atoms with Crippen LogP contribution in [0.4, 0.5) is 17.1 Å². The van der Waals surface area contributed by atoms with Crippen molar-refractivity contribution in [3.63, 3.8) is 0 Å². The summed E-state index contributed by atoms with van der Waals surface area (Å²) in [6.45, 7) is 1.95. The van der Waals surface area contributed by atoms with Crippen LogP contribution in [-0.4, -0.2) is 22.9 Å². The molecule has 0 aliphatic carbocycles. The molecular formula is C19H17ClN4O. The molecule has 3 rings (SSSR count). The average Bonchev–Trinajstić information content (AvgIpc) is 2.63. The molecule has 0 radical (unpaired) electrons. The maximum absolute atomic E-state index is 12.5. The number of benzene rings is 2. The van der Waals surface area contributed by atoms with Crippen LogP contribution in [0, 0.1) is 6.92 Å². The smallest absolute Gasteiger partial charge is 0.255 e. The summed E-state index contributed by atoms with van der Waals surface area (Å²) in [5.74, 6) is -0.201. The van der Waals surface area contributed by atoms with Crippen LogP contribution in [-0.2, 0) is 0 Å². The number of rotatable bonds is 4. The molecule has 6 heteroatoms. The molecule has 0 saturated carbocycles. The maximum atomic E-state index is 12.5. The summed E-state index contributed by atoms with van der Waals surface area (Å²) in [5.41, 5.74) is 3.86. The predicted molar refractivity (Wildman–Crippen MR) is 101 cm³/mol. The molecule has 0 aliphatic heterocycles. The average molecular weight is 353 g/mol. The first-order chi connectivity index (χ1) is 12.0. The number of amides is 1. The molecule has 0 spiro atoms. The van der Waals surface area contributed by atoms with Crippen LogP contribution in [0.5, 0.6) is 0 Å². The van der Waals surface area contributed by atoms with E-state index in [1.165, 1.54) is 6.33 Å². The van der Waals surface area contributed by atoms with Crippen LogP contribution < -0.4 is 10.2 Å².